The smallest absolute Gasteiger partial charge is 0 e. The molecule has 0 aliphatic heterocycles. The maximum atomic E-state index is 3.77. The molecule has 2 heteroatoms. The molecule has 7 heavy (non-hydrogen) atoms. The first kappa shape index (κ1) is 15.8. The second kappa shape index (κ2) is 5.49. The molecule has 0 rings (SSSR count). The summed E-state index contributed by atoms with van der Waals surface area (Å²) in [7, 11) is 0. The first-order chi connectivity index (χ1) is 2.00. The van der Waals surface area contributed by atoms with Gasteiger partial charge in [0.05, 0.1) is 0 Å². The molecule has 0 bridgehead atoms. The predicted octanol–water partition coefficient (Wildman–Crippen LogP) is 2.48. The fourth-order valence-electron chi connectivity index (χ4n) is 0. The summed E-state index contributed by atoms with van der Waals surface area (Å²) in [6.07, 6.45) is 0. The van der Waals surface area contributed by atoms with Crippen molar-refractivity contribution in [2.75, 3.05) is 0 Å². The van der Waals surface area contributed by atoms with E-state index in [9.17, 15) is 0 Å². The Bertz CT molecular complexity index is 23.6. The molecule has 0 aliphatic carbocycles. The van der Waals surface area contributed by atoms with Gasteiger partial charge in [0.25, 0.3) is 0 Å². The zero-order valence-electron chi connectivity index (χ0n) is 5.32. The van der Waals surface area contributed by atoms with E-state index in [1.165, 1.54) is 0 Å². The van der Waals surface area contributed by atoms with Gasteiger partial charge in [0, 0.05) is 19.5 Å². The van der Waals surface area contributed by atoms with Crippen molar-refractivity contribution >= 4 is 24.0 Å². The molecule has 0 aliphatic rings. The summed E-state index contributed by atoms with van der Waals surface area (Å²) in [5.74, 6) is 0. The van der Waals surface area contributed by atoms with Gasteiger partial charge in [-0.2, -0.15) is 5.41 Å². The SMILES string of the molecule is I.[CH2-]C(C)(C)C.[Zn]. The molecule has 0 amide bonds. The van der Waals surface area contributed by atoms with Gasteiger partial charge in [0.15, 0.2) is 0 Å². The summed E-state index contributed by atoms with van der Waals surface area (Å²) < 4.78 is 0. The third-order valence-corrected chi connectivity index (χ3v) is 0. The Balaban J connectivity index is -0.0000000800. The molecule has 0 spiro atoms. The van der Waals surface area contributed by atoms with Gasteiger partial charge in [-0.15, -0.1) is 24.0 Å². The Morgan fingerprint density at radius 1 is 1.14 bits per heavy atom. The van der Waals surface area contributed by atoms with Crippen LogP contribution in [0.2, 0.25) is 0 Å². The molecule has 0 saturated heterocycles. The molecule has 0 heterocycles. The van der Waals surface area contributed by atoms with Gasteiger partial charge < -0.3 is 6.92 Å². The van der Waals surface area contributed by atoms with E-state index >= 15 is 0 Å². The van der Waals surface area contributed by atoms with Crippen molar-refractivity contribution in [3.8, 4) is 0 Å². The van der Waals surface area contributed by atoms with Gasteiger partial charge in [-0.1, -0.05) is 20.8 Å². The minimum Gasteiger partial charge on any atom is -0.338 e. The fraction of sp³-hybridized carbons (Fsp3) is 0.800. The Morgan fingerprint density at radius 3 is 1.14 bits per heavy atom. The van der Waals surface area contributed by atoms with Crippen LogP contribution in [-0.4, -0.2) is 0 Å². The van der Waals surface area contributed by atoms with Crippen LogP contribution in [0.4, 0.5) is 0 Å². The Labute approximate surface area is 76.2 Å². The summed E-state index contributed by atoms with van der Waals surface area (Å²) in [5, 5.41) is 0. The van der Waals surface area contributed by atoms with Gasteiger partial charge in [0.1, 0.15) is 0 Å². The summed E-state index contributed by atoms with van der Waals surface area (Å²) in [6.45, 7) is 10.0. The van der Waals surface area contributed by atoms with Gasteiger partial charge in [-0.25, -0.2) is 0 Å². The van der Waals surface area contributed by atoms with Crippen molar-refractivity contribution in [1.29, 1.82) is 0 Å². The fourth-order valence-corrected chi connectivity index (χ4v) is 0. The van der Waals surface area contributed by atoms with E-state index < -0.39 is 0 Å². The average Bonchev–Trinajstić information content (AvgIpc) is 0.722. The molecule has 0 aromatic rings. The van der Waals surface area contributed by atoms with Crippen molar-refractivity contribution in [3.63, 3.8) is 0 Å². The van der Waals surface area contributed by atoms with Crippen LogP contribution in [0, 0.1) is 12.3 Å². The number of halogens is 1. The Hall–Kier alpha value is 1.35. The summed E-state index contributed by atoms with van der Waals surface area (Å²) in [5.41, 5.74) is 0.250. The van der Waals surface area contributed by atoms with E-state index in [2.05, 4.69) is 27.7 Å². The van der Waals surface area contributed by atoms with Crippen LogP contribution in [0.15, 0.2) is 0 Å². The van der Waals surface area contributed by atoms with E-state index in [-0.39, 0.29) is 48.9 Å². The third kappa shape index (κ3) is 115. The molecule has 0 aromatic carbocycles. The van der Waals surface area contributed by atoms with E-state index in [0.29, 0.717) is 0 Å². The van der Waals surface area contributed by atoms with E-state index in [1.807, 2.05) is 0 Å². The topological polar surface area (TPSA) is 0 Å². The Morgan fingerprint density at radius 2 is 1.14 bits per heavy atom. The maximum absolute atomic E-state index is 3.77. The summed E-state index contributed by atoms with van der Waals surface area (Å²) in [4.78, 5) is 0. The number of hydrogen-bond acceptors (Lipinski definition) is 0. The molecule has 0 nitrogen and oxygen atoms in total. The van der Waals surface area contributed by atoms with Gasteiger partial charge in [0.2, 0.25) is 0 Å². The van der Waals surface area contributed by atoms with Crippen molar-refractivity contribution in [1.82, 2.24) is 0 Å². The van der Waals surface area contributed by atoms with Crippen molar-refractivity contribution in [2.45, 2.75) is 20.8 Å². The zero-order chi connectivity index (χ0) is 4.50. The maximum Gasteiger partial charge on any atom is 0 e. The minimum atomic E-state index is 0. The van der Waals surface area contributed by atoms with Crippen LogP contribution in [-0.2, 0) is 19.5 Å². The molecule has 42 valence electrons. The monoisotopic (exact) mass is 263 g/mol. The molecule has 0 unspecified atom stereocenters. The quantitative estimate of drug-likeness (QED) is 0.358. The number of rotatable bonds is 0. The molecule has 0 fully saturated rings. The molecule has 0 aromatic heterocycles. The van der Waals surface area contributed by atoms with E-state index in [1.54, 1.807) is 0 Å². The van der Waals surface area contributed by atoms with Gasteiger partial charge >= 0.3 is 0 Å². The van der Waals surface area contributed by atoms with Crippen LogP contribution in [0.25, 0.3) is 0 Å². The molecule has 0 radical (unpaired) electrons. The molecular weight excluding hydrogens is 252 g/mol. The first-order valence-electron chi connectivity index (χ1n) is 1.85. The Kier molecular flexibility index (Phi) is 12.4. The standard InChI is InChI=1S/C5H11.HI.Zn/c1-5(2,3)4;;/h1H2,2-4H3;1H;/q-1;;. The minimum absolute atomic E-state index is 0. The van der Waals surface area contributed by atoms with E-state index in [4.69, 9.17) is 0 Å². The van der Waals surface area contributed by atoms with E-state index in [0.717, 1.165) is 0 Å². The summed E-state index contributed by atoms with van der Waals surface area (Å²) in [6, 6.07) is 0. The van der Waals surface area contributed by atoms with Gasteiger partial charge in [-0.3, -0.25) is 0 Å². The van der Waals surface area contributed by atoms with Crippen LogP contribution < -0.4 is 0 Å². The second-order valence-electron chi connectivity index (χ2n) is 2.56. The summed E-state index contributed by atoms with van der Waals surface area (Å²) >= 11 is 0. The van der Waals surface area contributed by atoms with Crippen LogP contribution in [0.5, 0.6) is 0 Å². The average molecular weight is 264 g/mol. The predicted molar refractivity (Wildman–Crippen MR) is 40.2 cm³/mol. The normalized spacial score (nSPS) is 8.57. The first-order valence-corrected chi connectivity index (χ1v) is 1.85. The van der Waals surface area contributed by atoms with Crippen molar-refractivity contribution < 1.29 is 19.5 Å². The van der Waals surface area contributed by atoms with Crippen LogP contribution in [0.3, 0.4) is 0 Å². The van der Waals surface area contributed by atoms with Crippen LogP contribution in [0.1, 0.15) is 20.8 Å². The van der Waals surface area contributed by atoms with Gasteiger partial charge in [-0.05, 0) is 0 Å². The van der Waals surface area contributed by atoms with Crippen molar-refractivity contribution in [2.24, 2.45) is 5.41 Å². The molecular formula is C5H12IZn-. The molecule has 0 N–H and O–H groups in total. The number of hydrogen-bond donors (Lipinski definition) is 0. The van der Waals surface area contributed by atoms with Crippen molar-refractivity contribution in [3.05, 3.63) is 6.92 Å². The third-order valence-electron chi connectivity index (χ3n) is 0. The van der Waals surface area contributed by atoms with Crippen LogP contribution >= 0.6 is 24.0 Å². The largest absolute Gasteiger partial charge is 0.338 e. The molecule has 0 atom stereocenters. The second-order valence-corrected chi connectivity index (χ2v) is 2.56. The molecule has 0 saturated carbocycles. The zero-order valence-corrected chi connectivity index (χ0v) is 10.6.